The molecule has 0 saturated heterocycles. The number of benzene rings is 1. The molecule has 1 aromatic rings. The predicted molar refractivity (Wildman–Crippen MR) is 91.0 cm³/mol. The third-order valence-corrected chi connectivity index (χ3v) is 3.80. The largest absolute Gasteiger partial charge is 0.495 e. The van der Waals surface area contributed by atoms with Crippen molar-refractivity contribution in [1.82, 2.24) is 0 Å². The molecule has 0 amide bonds. The van der Waals surface area contributed by atoms with E-state index in [1.54, 1.807) is 7.11 Å². The summed E-state index contributed by atoms with van der Waals surface area (Å²) in [6, 6.07) is 6.04. The minimum absolute atomic E-state index is 0.145. The second kappa shape index (κ2) is 10.1. The zero-order valence-corrected chi connectivity index (χ0v) is 14.1. The maximum atomic E-state index is 10.9. The number of carboxylic acids is 1. The fourth-order valence-corrected chi connectivity index (χ4v) is 2.54. The second-order valence-electron chi connectivity index (χ2n) is 5.72. The van der Waals surface area contributed by atoms with Gasteiger partial charge in [-0.1, -0.05) is 38.7 Å². The van der Waals surface area contributed by atoms with Gasteiger partial charge in [0.2, 0.25) is 0 Å². The molecule has 22 heavy (non-hydrogen) atoms. The molecule has 1 aromatic carbocycles. The highest BCUT2D eigenvalue weighted by atomic mass is 16.5. The van der Waals surface area contributed by atoms with Crippen molar-refractivity contribution < 1.29 is 14.6 Å². The van der Waals surface area contributed by atoms with Crippen molar-refractivity contribution in [2.45, 2.75) is 52.4 Å². The van der Waals surface area contributed by atoms with Gasteiger partial charge in [-0.05, 0) is 31.0 Å². The summed E-state index contributed by atoms with van der Waals surface area (Å²) >= 11 is 0. The van der Waals surface area contributed by atoms with E-state index in [1.165, 1.54) is 25.7 Å². The third-order valence-electron chi connectivity index (χ3n) is 3.80. The van der Waals surface area contributed by atoms with E-state index in [2.05, 4.69) is 17.9 Å². The van der Waals surface area contributed by atoms with Gasteiger partial charge in [0.15, 0.2) is 0 Å². The number of aliphatic carboxylic acids is 1. The smallest absolute Gasteiger partial charge is 0.305 e. The van der Waals surface area contributed by atoms with Crippen LogP contribution in [0.3, 0.4) is 0 Å². The van der Waals surface area contributed by atoms with Gasteiger partial charge in [-0.25, -0.2) is 0 Å². The van der Waals surface area contributed by atoms with Crippen molar-refractivity contribution in [3.63, 3.8) is 0 Å². The molecule has 0 aliphatic rings. The molecule has 0 radical (unpaired) electrons. The maximum absolute atomic E-state index is 10.9. The molecular formula is C18H29NO3. The van der Waals surface area contributed by atoms with Crippen LogP contribution in [0.2, 0.25) is 0 Å². The van der Waals surface area contributed by atoms with Crippen molar-refractivity contribution in [1.29, 1.82) is 0 Å². The van der Waals surface area contributed by atoms with Crippen LogP contribution in [0, 0.1) is 6.92 Å². The molecule has 0 saturated carbocycles. The van der Waals surface area contributed by atoms with Crippen LogP contribution in [0.1, 0.15) is 51.0 Å². The lowest BCUT2D eigenvalue weighted by molar-refractivity contribution is -0.136. The fourth-order valence-electron chi connectivity index (χ4n) is 2.54. The molecule has 1 N–H and O–H groups in total. The Labute approximate surface area is 134 Å². The molecule has 1 rings (SSSR count). The SMILES string of the molecule is CCCCCCCN(CCC(=O)O)c1cc(C)ccc1OC. The number of hydrogen-bond acceptors (Lipinski definition) is 3. The van der Waals surface area contributed by atoms with Crippen LogP contribution in [0.5, 0.6) is 5.75 Å². The summed E-state index contributed by atoms with van der Waals surface area (Å²) in [5.41, 5.74) is 2.15. The molecule has 0 aliphatic carbocycles. The molecule has 4 nitrogen and oxygen atoms in total. The quantitative estimate of drug-likeness (QED) is 0.621. The molecule has 0 unspecified atom stereocenters. The molecule has 0 aliphatic heterocycles. The highest BCUT2D eigenvalue weighted by molar-refractivity contribution is 5.68. The summed E-state index contributed by atoms with van der Waals surface area (Å²) in [5.74, 6) is 0.0483. The molecule has 0 bridgehead atoms. The minimum Gasteiger partial charge on any atom is -0.495 e. The first-order valence-electron chi connectivity index (χ1n) is 8.19. The molecule has 124 valence electrons. The third kappa shape index (κ3) is 6.37. The zero-order chi connectivity index (χ0) is 16.4. The Bertz CT molecular complexity index is 460. The van der Waals surface area contributed by atoms with Gasteiger partial charge < -0.3 is 14.7 Å². The minimum atomic E-state index is -0.761. The van der Waals surface area contributed by atoms with Crippen LogP contribution in [-0.4, -0.2) is 31.3 Å². The highest BCUT2D eigenvalue weighted by Crippen LogP contribution is 2.29. The first kappa shape index (κ1) is 18.3. The number of hydrogen-bond donors (Lipinski definition) is 1. The van der Waals surface area contributed by atoms with Gasteiger partial charge in [0.05, 0.1) is 19.2 Å². The monoisotopic (exact) mass is 307 g/mol. The van der Waals surface area contributed by atoms with Crippen molar-refractivity contribution >= 4 is 11.7 Å². The van der Waals surface area contributed by atoms with Crippen molar-refractivity contribution in [2.24, 2.45) is 0 Å². The van der Waals surface area contributed by atoms with E-state index in [4.69, 9.17) is 9.84 Å². The van der Waals surface area contributed by atoms with Crippen LogP contribution in [0.4, 0.5) is 5.69 Å². The second-order valence-corrected chi connectivity index (χ2v) is 5.72. The van der Waals surface area contributed by atoms with E-state index in [1.807, 2.05) is 19.1 Å². The van der Waals surface area contributed by atoms with Gasteiger partial charge in [0.25, 0.3) is 0 Å². The van der Waals surface area contributed by atoms with E-state index in [9.17, 15) is 4.79 Å². The Hall–Kier alpha value is -1.71. The standard InChI is InChI=1S/C18H29NO3/c1-4-5-6-7-8-12-19(13-11-18(20)21)16-14-15(2)9-10-17(16)22-3/h9-10,14H,4-8,11-13H2,1-3H3,(H,20,21). The number of unbranched alkanes of at least 4 members (excludes halogenated alkanes) is 4. The van der Waals surface area contributed by atoms with E-state index in [0.29, 0.717) is 6.54 Å². The first-order valence-corrected chi connectivity index (χ1v) is 8.19. The van der Waals surface area contributed by atoms with Gasteiger partial charge in [-0.3, -0.25) is 4.79 Å². The van der Waals surface area contributed by atoms with Crippen molar-refractivity contribution in [3.05, 3.63) is 23.8 Å². The summed E-state index contributed by atoms with van der Waals surface area (Å²) < 4.78 is 5.44. The Balaban J connectivity index is 2.75. The summed E-state index contributed by atoms with van der Waals surface area (Å²) in [6.45, 7) is 5.63. The molecule has 0 aromatic heterocycles. The Morgan fingerprint density at radius 2 is 1.91 bits per heavy atom. The average molecular weight is 307 g/mol. The number of carboxylic acid groups (broad SMARTS) is 1. The Morgan fingerprint density at radius 1 is 1.18 bits per heavy atom. The van der Waals surface area contributed by atoms with E-state index in [-0.39, 0.29) is 6.42 Å². The van der Waals surface area contributed by atoms with E-state index >= 15 is 0 Å². The van der Waals surface area contributed by atoms with Crippen LogP contribution >= 0.6 is 0 Å². The number of aryl methyl sites for hydroxylation is 1. The number of ether oxygens (including phenoxy) is 1. The van der Waals surface area contributed by atoms with Gasteiger partial charge in [0, 0.05) is 13.1 Å². The maximum Gasteiger partial charge on any atom is 0.305 e. The van der Waals surface area contributed by atoms with E-state index in [0.717, 1.165) is 30.0 Å². The van der Waals surface area contributed by atoms with E-state index < -0.39 is 5.97 Å². The summed E-state index contributed by atoms with van der Waals surface area (Å²) in [4.78, 5) is 13.1. The first-order chi connectivity index (χ1) is 10.6. The lowest BCUT2D eigenvalue weighted by Crippen LogP contribution is -2.27. The van der Waals surface area contributed by atoms with Crippen molar-refractivity contribution in [2.75, 3.05) is 25.1 Å². The molecule has 0 atom stereocenters. The predicted octanol–water partition coefficient (Wildman–Crippen LogP) is 4.26. The highest BCUT2D eigenvalue weighted by Gasteiger charge is 2.13. The topological polar surface area (TPSA) is 49.8 Å². The number of nitrogens with zero attached hydrogens (tertiary/aromatic N) is 1. The average Bonchev–Trinajstić information content (AvgIpc) is 2.49. The van der Waals surface area contributed by atoms with Gasteiger partial charge in [0.1, 0.15) is 5.75 Å². The molecular weight excluding hydrogens is 278 g/mol. The summed E-state index contributed by atoms with van der Waals surface area (Å²) in [6.07, 6.45) is 6.15. The van der Waals surface area contributed by atoms with Crippen LogP contribution in [0.25, 0.3) is 0 Å². The normalized spacial score (nSPS) is 10.5. The fraction of sp³-hybridized carbons (Fsp3) is 0.611. The molecule has 0 spiro atoms. The molecule has 4 heteroatoms. The molecule has 0 heterocycles. The number of rotatable bonds is 11. The van der Waals surface area contributed by atoms with Crippen molar-refractivity contribution in [3.8, 4) is 5.75 Å². The number of carbonyl (C=O) groups is 1. The Kier molecular flexibility index (Phi) is 8.41. The van der Waals surface area contributed by atoms with Gasteiger partial charge in [-0.2, -0.15) is 0 Å². The number of anilines is 1. The van der Waals surface area contributed by atoms with Crippen LogP contribution in [0.15, 0.2) is 18.2 Å². The number of methoxy groups -OCH3 is 1. The lowest BCUT2D eigenvalue weighted by Gasteiger charge is -2.26. The lowest BCUT2D eigenvalue weighted by atomic mass is 10.1. The Morgan fingerprint density at radius 3 is 2.55 bits per heavy atom. The van der Waals surface area contributed by atoms with Gasteiger partial charge >= 0.3 is 5.97 Å². The van der Waals surface area contributed by atoms with Crippen LogP contribution < -0.4 is 9.64 Å². The summed E-state index contributed by atoms with van der Waals surface area (Å²) in [7, 11) is 1.66. The summed E-state index contributed by atoms with van der Waals surface area (Å²) in [5, 5.41) is 8.97. The van der Waals surface area contributed by atoms with Crippen LogP contribution in [-0.2, 0) is 4.79 Å². The zero-order valence-electron chi connectivity index (χ0n) is 14.1. The van der Waals surface area contributed by atoms with Gasteiger partial charge in [-0.15, -0.1) is 0 Å². The molecule has 0 fully saturated rings.